The molecule has 21 heavy (non-hydrogen) atoms. The van der Waals surface area contributed by atoms with E-state index in [2.05, 4.69) is 39.7 Å². The van der Waals surface area contributed by atoms with Crippen molar-refractivity contribution >= 4 is 38.7 Å². The van der Waals surface area contributed by atoms with Crippen molar-refractivity contribution in [3.05, 3.63) is 41.5 Å². The number of aryl methyl sites for hydroxylation is 1. The van der Waals surface area contributed by atoms with Crippen molar-refractivity contribution < 1.29 is 0 Å². The first kappa shape index (κ1) is 12.6. The standard InChI is InChI=1S/C16H16N4S/c1-10-8-17-16(7-14(10)19-11-2-3-11)20-12-4-5-13-15(6-12)21-9-18-13/h4-9,11H,2-3H2,1H3,(H2,17,19,20). The number of nitrogens with zero attached hydrogens (tertiary/aromatic N) is 2. The number of rotatable bonds is 4. The van der Waals surface area contributed by atoms with Gasteiger partial charge in [-0.2, -0.15) is 0 Å². The van der Waals surface area contributed by atoms with Crippen LogP contribution in [-0.4, -0.2) is 16.0 Å². The van der Waals surface area contributed by atoms with Gasteiger partial charge in [0.2, 0.25) is 0 Å². The summed E-state index contributed by atoms with van der Waals surface area (Å²) in [6.45, 7) is 2.09. The summed E-state index contributed by atoms with van der Waals surface area (Å²) in [6, 6.07) is 8.92. The normalized spacial score (nSPS) is 14.3. The Morgan fingerprint density at radius 2 is 2.10 bits per heavy atom. The highest BCUT2D eigenvalue weighted by molar-refractivity contribution is 7.16. The van der Waals surface area contributed by atoms with Crippen molar-refractivity contribution in [2.24, 2.45) is 0 Å². The fourth-order valence-electron chi connectivity index (χ4n) is 2.28. The number of thiazole rings is 1. The maximum atomic E-state index is 4.47. The van der Waals surface area contributed by atoms with Crippen LogP contribution in [0.2, 0.25) is 0 Å². The summed E-state index contributed by atoms with van der Waals surface area (Å²) in [6.07, 6.45) is 4.46. The Hall–Kier alpha value is -2.14. The van der Waals surface area contributed by atoms with Gasteiger partial charge < -0.3 is 10.6 Å². The van der Waals surface area contributed by atoms with Crippen LogP contribution < -0.4 is 10.6 Å². The van der Waals surface area contributed by atoms with Crippen molar-refractivity contribution in [1.29, 1.82) is 0 Å². The van der Waals surface area contributed by atoms with Gasteiger partial charge >= 0.3 is 0 Å². The van der Waals surface area contributed by atoms with Gasteiger partial charge in [-0.25, -0.2) is 9.97 Å². The largest absolute Gasteiger partial charge is 0.382 e. The van der Waals surface area contributed by atoms with Crippen LogP contribution in [0, 0.1) is 6.92 Å². The van der Waals surface area contributed by atoms with Gasteiger partial charge in [-0.05, 0) is 43.5 Å². The lowest BCUT2D eigenvalue weighted by molar-refractivity contribution is 1.13. The molecule has 0 amide bonds. The number of hydrogen-bond donors (Lipinski definition) is 2. The fourth-order valence-corrected chi connectivity index (χ4v) is 2.99. The summed E-state index contributed by atoms with van der Waals surface area (Å²) in [5.74, 6) is 0.868. The molecule has 1 fully saturated rings. The second-order valence-electron chi connectivity index (χ2n) is 5.46. The highest BCUT2D eigenvalue weighted by Gasteiger charge is 2.21. The lowest BCUT2D eigenvalue weighted by Crippen LogP contribution is -2.04. The monoisotopic (exact) mass is 296 g/mol. The van der Waals surface area contributed by atoms with Gasteiger partial charge in [-0.15, -0.1) is 11.3 Å². The van der Waals surface area contributed by atoms with Crippen molar-refractivity contribution in [2.75, 3.05) is 10.6 Å². The number of hydrogen-bond acceptors (Lipinski definition) is 5. The Bertz CT molecular complexity index is 792. The van der Waals surface area contributed by atoms with Crippen LogP contribution in [0.15, 0.2) is 36.0 Å². The Labute approximate surface area is 127 Å². The molecule has 0 saturated heterocycles. The van der Waals surface area contributed by atoms with Crippen LogP contribution in [0.3, 0.4) is 0 Å². The Morgan fingerprint density at radius 1 is 1.19 bits per heavy atom. The average molecular weight is 296 g/mol. The third-order valence-corrected chi connectivity index (χ3v) is 4.44. The molecule has 0 bridgehead atoms. The molecular weight excluding hydrogens is 280 g/mol. The first-order valence-corrected chi connectivity index (χ1v) is 7.99. The van der Waals surface area contributed by atoms with Gasteiger partial charge in [0.05, 0.1) is 15.7 Å². The topological polar surface area (TPSA) is 49.8 Å². The fraction of sp³-hybridized carbons (Fsp3) is 0.250. The van der Waals surface area contributed by atoms with E-state index in [1.807, 2.05) is 23.8 Å². The van der Waals surface area contributed by atoms with Gasteiger partial charge in [-0.1, -0.05) is 0 Å². The molecule has 0 spiro atoms. The molecule has 4 rings (SSSR count). The van der Waals surface area contributed by atoms with Crippen LogP contribution >= 0.6 is 11.3 Å². The molecule has 2 heterocycles. The summed E-state index contributed by atoms with van der Waals surface area (Å²) in [7, 11) is 0. The summed E-state index contributed by atoms with van der Waals surface area (Å²) >= 11 is 1.65. The summed E-state index contributed by atoms with van der Waals surface area (Å²) < 4.78 is 1.18. The van der Waals surface area contributed by atoms with E-state index in [1.54, 1.807) is 11.3 Å². The van der Waals surface area contributed by atoms with Crippen molar-refractivity contribution in [3.8, 4) is 0 Å². The van der Waals surface area contributed by atoms with E-state index >= 15 is 0 Å². The Morgan fingerprint density at radius 3 is 2.95 bits per heavy atom. The summed E-state index contributed by atoms with van der Waals surface area (Å²) in [5.41, 5.74) is 6.31. The highest BCUT2D eigenvalue weighted by atomic mass is 32.1. The average Bonchev–Trinajstić information content (AvgIpc) is 3.17. The van der Waals surface area contributed by atoms with E-state index < -0.39 is 0 Å². The molecule has 2 N–H and O–H groups in total. The number of benzene rings is 1. The quantitative estimate of drug-likeness (QED) is 0.753. The maximum absolute atomic E-state index is 4.47. The zero-order valence-electron chi connectivity index (χ0n) is 11.8. The second-order valence-corrected chi connectivity index (χ2v) is 6.35. The van der Waals surface area contributed by atoms with Crippen molar-refractivity contribution in [2.45, 2.75) is 25.8 Å². The van der Waals surface area contributed by atoms with Crippen LogP contribution in [-0.2, 0) is 0 Å². The smallest absolute Gasteiger partial charge is 0.132 e. The third kappa shape index (κ3) is 2.69. The van der Waals surface area contributed by atoms with Gasteiger partial charge in [0, 0.05) is 29.7 Å². The Kier molecular flexibility index (Phi) is 3.00. The van der Waals surface area contributed by atoms with Crippen LogP contribution in [0.1, 0.15) is 18.4 Å². The highest BCUT2D eigenvalue weighted by Crippen LogP contribution is 2.29. The first-order valence-electron chi connectivity index (χ1n) is 7.11. The molecule has 1 aliphatic carbocycles. The van der Waals surface area contributed by atoms with E-state index in [4.69, 9.17) is 0 Å². The molecule has 0 aliphatic heterocycles. The molecule has 5 heteroatoms. The van der Waals surface area contributed by atoms with E-state index in [1.165, 1.54) is 28.8 Å². The lowest BCUT2D eigenvalue weighted by Gasteiger charge is -2.11. The van der Waals surface area contributed by atoms with Crippen LogP contribution in [0.25, 0.3) is 10.2 Å². The number of nitrogens with one attached hydrogen (secondary N) is 2. The van der Waals surface area contributed by atoms with Gasteiger partial charge in [0.15, 0.2) is 0 Å². The molecule has 4 nitrogen and oxygen atoms in total. The molecule has 0 atom stereocenters. The van der Waals surface area contributed by atoms with E-state index in [0.717, 1.165) is 17.0 Å². The van der Waals surface area contributed by atoms with Gasteiger partial charge in [0.25, 0.3) is 0 Å². The lowest BCUT2D eigenvalue weighted by atomic mass is 10.2. The zero-order valence-corrected chi connectivity index (χ0v) is 12.6. The summed E-state index contributed by atoms with van der Waals surface area (Å²) in [4.78, 5) is 8.76. The minimum atomic E-state index is 0.646. The molecule has 2 aromatic heterocycles. The molecule has 1 aliphatic rings. The SMILES string of the molecule is Cc1cnc(Nc2ccc3ncsc3c2)cc1NC1CC1. The van der Waals surface area contributed by atoms with Gasteiger partial charge in [-0.3, -0.25) is 0 Å². The van der Waals surface area contributed by atoms with Crippen molar-refractivity contribution in [3.63, 3.8) is 0 Å². The second kappa shape index (κ2) is 5.00. The molecule has 0 radical (unpaired) electrons. The number of fused-ring (bicyclic) bond motifs is 1. The van der Waals surface area contributed by atoms with Crippen LogP contribution in [0.5, 0.6) is 0 Å². The van der Waals surface area contributed by atoms with Crippen LogP contribution in [0.4, 0.5) is 17.2 Å². The predicted molar refractivity (Wildman–Crippen MR) is 88.5 cm³/mol. The molecule has 1 aromatic carbocycles. The number of aromatic nitrogens is 2. The molecule has 3 aromatic rings. The number of pyridine rings is 1. The Balaban J connectivity index is 1.60. The maximum Gasteiger partial charge on any atom is 0.132 e. The zero-order chi connectivity index (χ0) is 14.2. The van der Waals surface area contributed by atoms with E-state index in [-0.39, 0.29) is 0 Å². The predicted octanol–water partition coefficient (Wildman–Crippen LogP) is 4.32. The van der Waals surface area contributed by atoms with Crippen molar-refractivity contribution in [1.82, 2.24) is 9.97 Å². The molecule has 106 valence electrons. The minimum absolute atomic E-state index is 0.646. The third-order valence-electron chi connectivity index (χ3n) is 3.64. The first-order chi connectivity index (χ1) is 10.3. The molecule has 1 saturated carbocycles. The summed E-state index contributed by atoms with van der Waals surface area (Å²) in [5, 5.41) is 6.92. The molecule has 0 unspecified atom stereocenters. The molecular formula is C16H16N4S. The number of anilines is 3. The van der Waals surface area contributed by atoms with E-state index in [9.17, 15) is 0 Å². The van der Waals surface area contributed by atoms with E-state index in [0.29, 0.717) is 6.04 Å². The van der Waals surface area contributed by atoms with Gasteiger partial charge in [0.1, 0.15) is 5.82 Å². The minimum Gasteiger partial charge on any atom is -0.382 e.